The quantitative estimate of drug-likeness (QED) is 0.730. The third-order valence-electron chi connectivity index (χ3n) is 3.58. The molecule has 0 bridgehead atoms. The van der Waals surface area contributed by atoms with Gasteiger partial charge in [0.05, 0.1) is 12.6 Å². The first-order valence-electron chi connectivity index (χ1n) is 7.31. The van der Waals surface area contributed by atoms with Crippen LogP contribution in [-0.4, -0.2) is 22.7 Å². The number of benzene rings is 1. The molecular formula is C17H23N3O. The van der Waals surface area contributed by atoms with Crippen LogP contribution in [0, 0.1) is 0 Å². The lowest BCUT2D eigenvalue weighted by atomic mass is 10.0. The number of anilines is 1. The molecule has 0 fully saturated rings. The van der Waals surface area contributed by atoms with Crippen LogP contribution in [0.1, 0.15) is 30.5 Å². The van der Waals surface area contributed by atoms with Crippen molar-refractivity contribution in [2.24, 2.45) is 0 Å². The van der Waals surface area contributed by atoms with Crippen LogP contribution in [0.4, 0.5) is 5.82 Å². The summed E-state index contributed by atoms with van der Waals surface area (Å²) in [5.74, 6) is 0.550. The molecule has 2 aromatic rings. The topological polar surface area (TPSA) is 71.2 Å². The SMILES string of the molecule is CC(CCc1ccc(N)nc1)NC(CO)c1ccccc1. The molecule has 0 aliphatic heterocycles. The molecule has 112 valence electrons. The number of hydrogen-bond donors (Lipinski definition) is 3. The van der Waals surface area contributed by atoms with Crippen molar-refractivity contribution >= 4 is 5.82 Å². The molecule has 0 aliphatic rings. The highest BCUT2D eigenvalue weighted by Crippen LogP contribution is 2.14. The van der Waals surface area contributed by atoms with Gasteiger partial charge >= 0.3 is 0 Å². The second-order valence-corrected chi connectivity index (χ2v) is 5.34. The smallest absolute Gasteiger partial charge is 0.123 e. The summed E-state index contributed by atoms with van der Waals surface area (Å²) < 4.78 is 0. The molecule has 1 heterocycles. The lowest BCUT2D eigenvalue weighted by Crippen LogP contribution is -2.33. The van der Waals surface area contributed by atoms with E-state index in [0.29, 0.717) is 11.9 Å². The van der Waals surface area contributed by atoms with Gasteiger partial charge < -0.3 is 16.2 Å². The van der Waals surface area contributed by atoms with Gasteiger partial charge in [-0.1, -0.05) is 36.4 Å². The Hall–Kier alpha value is -1.91. The predicted octanol–water partition coefficient (Wildman–Crippen LogP) is 2.31. The third kappa shape index (κ3) is 4.85. The van der Waals surface area contributed by atoms with Crippen LogP contribution < -0.4 is 11.1 Å². The highest BCUT2D eigenvalue weighted by atomic mass is 16.3. The van der Waals surface area contributed by atoms with E-state index in [1.165, 1.54) is 5.56 Å². The molecule has 0 saturated heterocycles. The fraction of sp³-hybridized carbons (Fsp3) is 0.353. The molecule has 2 atom stereocenters. The Morgan fingerprint density at radius 1 is 1.19 bits per heavy atom. The van der Waals surface area contributed by atoms with Gasteiger partial charge in [-0.3, -0.25) is 0 Å². The Labute approximate surface area is 126 Å². The Morgan fingerprint density at radius 3 is 2.57 bits per heavy atom. The molecule has 1 aromatic carbocycles. The van der Waals surface area contributed by atoms with Crippen LogP contribution in [0.3, 0.4) is 0 Å². The third-order valence-corrected chi connectivity index (χ3v) is 3.58. The standard InChI is InChI=1S/C17H23N3O/c1-13(7-8-14-9-10-17(18)19-11-14)20-16(12-21)15-5-3-2-4-6-15/h2-6,9-11,13,16,20-21H,7-8,12H2,1H3,(H2,18,19). The van der Waals surface area contributed by atoms with Crippen molar-refractivity contribution in [1.82, 2.24) is 10.3 Å². The van der Waals surface area contributed by atoms with E-state index in [2.05, 4.69) is 17.2 Å². The lowest BCUT2D eigenvalue weighted by Gasteiger charge is -2.22. The van der Waals surface area contributed by atoms with Gasteiger partial charge in [-0.05, 0) is 37.0 Å². The van der Waals surface area contributed by atoms with Crippen LogP contribution in [0.5, 0.6) is 0 Å². The number of aryl methyl sites for hydroxylation is 1. The molecule has 2 unspecified atom stereocenters. The molecule has 4 nitrogen and oxygen atoms in total. The fourth-order valence-electron chi connectivity index (χ4n) is 2.33. The minimum atomic E-state index is -0.0225. The molecule has 0 amide bonds. The van der Waals surface area contributed by atoms with Gasteiger partial charge in [0, 0.05) is 12.2 Å². The van der Waals surface area contributed by atoms with Crippen molar-refractivity contribution in [3.8, 4) is 0 Å². The van der Waals surface area contributed by atoms with Gasteiger partial charge in [0.2, 0.25) is 0 Å². The fourth-order valence-corrected chi connectivity index (χ4v) is 2.33. The predicted molar refractivity (Wildman–Crippen MR) is 85.8 cm³/mol. The summed E-state index contributed by atoms with van der Waals surface area (Å²) in [6, 6.07) is 14.1. The Bertz CT molecular complexity index is 527. The zero-order chi connectivity index (χ0) is 15.1. The summed E-state index contributed by atoms with van der Waals surface area (Å²) in [4.78, 5) is 4.10. The molecule has 1 aromatic heterocycles. The highest BCUT2D eigenvalue weighted by molar-refractivity contribution is 5.29. The summed E-state index contributed by atoms with van der Waals surface area (Å²) in [6.07, 6.45) is 3.74. The molecule has 0 radical (unpaired) electrons. The van der Waals surface area contributed by atoms with Gasteiger partial charge in [0.25, 0.3) is 0 Å². The van der Waals surface area contributed by atoms with E-state index < -0.39 is 0 Å². The summed E-state index contributed by atoms with van der Waals surface area (Å²) in [7, 11) is 0. The molecule has 0 spiro atoms. The maximum absolute atomic E-state index is 9.56. The number of nitrogens with two attached hydrogens (primary N) is 1. The molecule has 0 saturated carbocycles. The maximum atomic E-state index is 9.56. The average molecular weight is 285 g/mol. The Kier molecular flexibility index (Phi) is 5.72. The molecular weight excluding hydrogens is 262 g/mol. The number of nitrogens with one attached hydrogen (secondary N) is 1. The minimum absolute atomic E-state index is 0.0225. The molecule has 0 aliphatic carbocycles. The zero-order valence-corrected chi connectivity index (χ0v) is 12.4. The van der Waals surface area contributed by atoms with Crippen molar-refractivity contribution in [3.05, 3.63) is 59.8 Å². The number of nitrogen functional groups attached to an aromatic ring is 1. The van der Waals surface area contributed by atoms with Crippen LogP contribution in [0.25, 0.3) is 0 Å². The van der Waals surface area contributed by atoms with Crippen molar-refractivity contribution in [3.63, 3.8) is 0 Å². The van der Waals surface area contributed by atoms with E-state index >= 15 is 0 Å². The Morgan fingerprint density at radius 2 is 1.95 bits per heavy atom. The van der Waals surface area contributed by atoms with E-state index in [1.54, 1.807) is 0 Å². The largest absolute Gasteiger partial charge is 0.394 e. The van der Waals surface area contributed by atoms with Crippen LogP contribution in [0.15, 0.2) is 48.7 Å². The van der Waals surface area contributed by atoms with Gasteiger partial charge in [-0.2, -0.15) is 0 Å². The van der Waals surface area contributed by atoms with E-state index in [1.807, 2.05) is 48.7 Å². The maximum Gasteiger partial charge on any atom is 0.123 e. The average Bonchev–Trinajstić information content (AvgIpc) is 2.53. The van der Waals surface area contributed by atoms with Gasteiger partial charge in [-0.15, -0.1) is 0 Å². The van der Waals surface area contributed by atoms with E-state index in [4.69, 9.17) is 5.73 Å². The van der Waals surface area contributed by atoms with Crippen LogP contribution in [-0.2, 0) is 6.42 Å². The first kappa shape index (κ1) is 15.5. The minimum Gasteiger partial charge on any atom is -0.394 e. The number of aliphatic hydroxyl groups is 1. The molecule has 4 heteroatoms. The number of hydrogen-bond acceptors (Lipinski definition) is 4. The number of nitrogens with zero attached hydrogens (tertiary/aromatic N) is 1. The van der Waals surface area contributed by atoms with Crippen molar-refractivity contribution in [2.45, 2.75) is 31.8 Å². The number of rotatable bonds is 7. The van der Waals surface area contributed by atoms with Crippen molar-refractivity contribution < 1.29 is 5.11 Å². The lowest BCUT2D eigenvalue weighted by molar-refractivity contribution is 0.233. The van der Waals surface area contributed by atoms with Crippen molar-refractivity contribution in [1.29, 1.82) is 0 Å². The normalized spacial score (nSPS) is 13.8. The first-order valence-corrected chi connectivity index (χ1v) is 7.31. The number of aromatic nitrogens is 1. The second kappa shape index (κ2) is 7.76. The van der Waals surface area contributed by atoms with Crippen molar-refractivity contribution in [2.75, 3.05) is 12.3 Å². The first-order chi connectivity index (χ1) is 10.2. The van der Waals surface area contributed by atoms with Gasteiger partial charge in [0.1, 0.15) is 5.82 Å². The monoisotopic (exact) mass is 285 g/mol. The van der Waals surface area contributed by atoms with E-state index in [-0.39, 0.29) is 12.6 Å². The van der Waals surface area contributed by atoms with Gasteiger partial charge in [0.15, 0.2) is 0 Å². The summed E-state index contributed by atoms with van der Waals surface area (Å²) in [5, 5.41) is 13.0. The molecule has 2 rings (SSSR count). The molecule has 21 heavy (non-hydrogen) atoms. The summed E-state index contributed by atoms with van der Waals surface area (Å²) in [6.45, 7) is 2.23. The Balaban J connectivity index is 1.85. The van der Waals surface area contributed by atoms with Crippen LogP contribution >= 0.6 is 0 Å². The summed E-state index contributed by atoms with van der Waals surface area (Å²) >= 11 is 0. The highest BCUT2D eigenvalue weighted by Gasteiger charge is 2.13. The number of aliphatic hydroxyl groups excluding tert-OH is 1. The van der Waals surface area contributed by atoms with E-state index in [0.717, 1.165) is 18.4 Å². The van der Waals surface area contributed by atoms with Gasteiger partial charge in [-0.25, -0.2) is 4.98 Å². The summed E-state index contributed by atoms with van der Waals surface area (Å²) in [5.41, 5.74) is 7.87. The van der Waals surface area contributed by atoms with Crippen LogP contribution in [0.2, 0.25) is 0 Å². The number of pyridine rings is 1. The zero-order valence-electron chi connectivity index (χ0n) is 12.4. The second-order valence-electron chi connectivity index (χ2n) is 5.34. The van der Waals surface area contributed by atoms with E-state index in [9.17, 15) is 5.11 Å². The molecule has 4 N–H and O–H groups in total.